The van der Waals surface area contributed by atoms with Crippen molar-refractivity contribution in [1.29, 1.82) is 0 Å². The number of hydrogen-bond donors (Lipinski definition) is 3. The zero-order valence-corrected chi connectivity index (χ0v) is 15.4. The average molecular weight is 394 g/mol. The molecule has 138 valence electrons. The lowest BCUT2D eigenvalue weighted by Gasteiger charge is -2.09. The summed E-state index contributed by atoms with van der Waals surface area (Å²) in [4.78, 5) is 28.4. The smallest absolute Gasteiger partial charge is 0.271 e. The number of amides is 2. The number of nitrogens with zero attached hydrogens (tertiary/aromatic N) is 1. The number of benzene rings is 1. The second-order valence-electron chi connectivity index (χ2n) is 6.02. The van der Waals surface area contributed by atoms with Gasteiger partial charge in [-0.25, -0.2) is 18.5 Å². The summed E-state index contributed by atoms with van der Waals surface area (Å²) >= 11 is 1.15. The van der Waals surface area contributed by atoms with Crippen LogP contribution in [0.2, 0.25) is 0 Å². The molecule has 1 heterocycles. The van der Waals surface area contributed by atoms with Crippen molar-refractivity contribution in [2.24, 2.45) is 5.14 Å². The molecule has 1 aromatic carbocycles. The molecule has 0 spiro atoms. The molecule has 1 saturated carbocycles. The van der Waals surface area contributed by atoms with Crippen LogP contribution in [0.3, 0.4) is 0 Å². The number of nitrogens with one attached hydrogen (secondary N) is 2. The molecule has 1 aromatic heterocycles. The average Bonchev–Trinajstić information content (AvgIpc) is 3.26. The molecule has 4 N–H and O–H groups in total. The summed E-state index contributed by atoms with van der Waals surface area (Å²) in [6.45, 7) is 0. The molecule has 1 aliphatic carbocycles. The summed E-state index contributed by atoms with van der Waals surface area (Å²) in [7, 11) is -3.81. The number of carbonyl (C=O) groups excluding carboxylic acids is 2. The van der Waals surface area contributed by atoms with Crippen molar-refractivity contribution in [1.82, 2.24) is 10.3 Å². The van der Waals surface area contributed by atoms with E-state index in [1.165, 1.54) is 24.3 Å². The molecule has 0 atom stereocenters. The van der Waals surface area contributed by atoms with Crippen LogP contribution >= 0.6 is 11.3 Å². The van der Waals surface area contributed by atoms with Gasteiger partial charge in [0.05, 0.1) is 4.90 Å². The van der Waals surface area contributed by atoms with Gasteiger partial charge >= 0.3 is 0 Å². The van der Waals surface area contributed by atoms with Gasteiger partial charge in [0.15, 0.2) is 5.13 Å². The molecule has 0 radical (unpaired) electrons. The van der Waals surface area contributed by atoms with Crippen LogP contribution in [0.1, 0.15) is 46.5 Å². The highest BCUT2D eigenvalue weighted by Crippen LogP contribution is 2.20. The summed E-state index contributed by atoms with van der Waals surface area (Å²) in [6.07, 6.45) is 4.20. The molecule has 1 aliphatic rings. The van der Waals surface area contributed by atoms with Crippen LogP contribution in [0.25, 0.3) is 0 Å². The van der Waals surface area contributed by atoms with Crippen LogP contribution < -0.4 is 15.8 Å². The third-order valence-corrected chi connectivity index (χ3v) is 5.78. The molecule has 2 aromatic rings. The van der Waals surface area contributed by atoms with Gasteiger partial charge in [0.25, 0.3) is 11.8 Å². The number of nitrogens with two attached hydrogens (primary N) is 1. The first kappa shape index (κ1) is 18.5. The Balaban J connectivity index is 1.63. The van der Waals surface area contributed by atoms with Gasteiger partial charge in [-0.2, -0.15) is 0 Å². The van der Waals surface area contributed by atoms with E-state index in [2.05, 4.69) is 15.6 Å². The number of primary sulfonamides is 1. The third kappa shape index (κ3) is 4.45. The standard InChI is InChI=1S/C16H18N4O4S2/c17-26(23,24)12-7-5-10(6-8-12)14(21)20-16-19-13(9-25-16)15(22)18-11-3-1-2-4-11/h5-9,11H,1-4H2,(H,18,22)(H2,17,23,24)(H,19,20,21). The molecule has 0 aliphatic heterocycles. The molecule has 10 heteroatoms. The van der Waals surface area contributed by atoms with Crippen LogP contribution in [-0.4, -0.2) is 31.3 Å². The normalized spacial score (nSPS) is 15.0. The van der Waals surface area contributed by atoms with E-state index in [9.17, 15) is 18.0 Å². The minimum atomic E-state index is -3.81. The second kappa shape index (κ2) is 7.52. The van der Waals surface area contributed by atoms with E-state index < -0.39 is 15.9 Å². The first-order valence-corrected chi connectivity index (χ1v) is 10.5. The maximum Gasteiger partial charge on any atom is 0.271 e. The van der Waals surface area contributed by atoms with E-state index in [1.807, 2.05) is 0 Å². The molecular weight excluding hydrogens is 376 g/mol. The van der Waals surface area contributed by atoms with Crippen molar-refractivity contribution >= 4 is 38.3 Å². The quantitative estimate of drug-likeness (QED) is 0.710. The Morgan fingerprint density at radius 1 is 1.12 bits per heavy atom. The van der Waals surface area contributed by atoms with E-state index in [0.717, 1.165) is 37.0 Å². The lowest BCUT2D eigenvalue weighted by atomic mass is 10.2. The first-order chi connectivity index (χ1) is 12.3. The largest absolute Gasteiger partial charge is 0.348 e. The number of aromatic nitrogens is 1. The van der Waals surface area contributed by atoms with E-state index in [1.54, 1.807) is 5.38 Å². The number of carbonyl (C=O) groups is 2. The molecule has 3 rings (SSSR count). The predicted octanol–water partition coefficient (Wildman–Crippen LogP) is 1.72. The summed E-state index contributed by atoms with van der Waals surface area (Å²) < 4.78 is 22.5. The monoisotopic (exact) mass is 394 g/mol. The molecule has 26 heavy (non-hydrogen) atoms. The minimum Gasteiger partial charge on any atom is -0.348 e. The summed E-state index contributed by atoms with van der Waals surface area (Å²) in [5.41, 5.74) is 0.520. The highest BCUT2D eigenvalue weighted by Gasteiger charge is 2.20. The van der Waals surface area contributed by atoms with Gasteiger partial charge in [-0.1, -0.05) is 12.8 Å². The number of sulfonamides is 1. The van der Waals surface area contributed by atoms with Crippen LogP contribution in [-0.2, 0) is 10.0 Å². The summed E-state index contributed by atoms with van der Waals surface area (Å²) in [5, 5.41) is 12.4. The Labute approximate surface area is 154 Å². The maximum atomic E-state index is 12.2. The fourth-order valence-corrected chi connectivity index (χ4v) is 3.93. The van der Waals surface area contributed by atoms with Gasteiger partial charge in [-0.05, 0) is 37.1 Å². The Hall–Kier alpha value is -2.30. The molecule has 8 nitrogen and oxygen atoms in total. The first-order valence-electron chi connectivity index (χ1n) is 8.03. The minimum absolute atomic E-state index is 0.0748. The Bertz CT molecular complexity index is 916. The fraction of sp³-hybridized carbons (Fsp3) is 0.312. The van der Waals surface area contributed by atoms with Crippen LogP contribution in [0, 0.1) is 0 Å². The van der Waals surface area contributed by atoms with E-state index in [0.29, 0.717) is 5.13 Å². The van der Waals surface area contributed by atoms with Crippen molar-refractivity contribution < 1.29 is 18.0 Å². The van der Waals surface area contributed by atoms with E-state index >= 15 is 0 Å². The zero-order valence-electron chi connectivity index (χ0n) is 13.8. The van der Waals surface area contributed by atoms with Crippen molar-refractivity contribution in [3.63, 3.8) is 0 Å². The number of hydrogen-bond acceptors (Lipinski definition) is 6. The Kier molecular flexibility index (Phi) is 5.35. The summed E-state index contributed by atoms with van der Waals surface area (Å²) in [6, 6.07) is 5.42. The van der Waals surface area contributed by atoms with Crippen molar-refractivity contribution in [3.8, 4) is 0 Å². The van der Waals surface area contributed by atoms with Gasteiger partial charge in [0.2, 0.25) is 10.0 Å². The number of anilines is 1. The zero-order chi connectivity index (χ0) is 18.7. The predicted molar refractivity (Wildman–Crippen MR) is 97.6 cm³/mol. The topological polar surface area (TPSA) is 131 Å². The SMILES string of the molecule is NS(=O)(=O)c1ccc(C(=O)Nc2nc(C(=O)NC3CCCC3)cs2)cc1. The van der Waals surface area contributed by atoms with Gasteiger partial charge < -0.3 is 5.32 Å². The highest BCUT2D eigenvalue weighted by atomic mass is 32.2. The van der Waals surface area contributed by atoms with Gasteiger partial charge in [0, 0.05) is 17.0 Å². The van der Waals surface area contributed by atoms with Gasteiger partial charge in [-0.3, -0.25) is 14.9 Å². The molecule has 1 fully saturated rings. The van der Waals surface area contributed by atoms with Gasteiger partial charge in [-0.15, -0.1) is 11.3 Å². The Morgan fingerprint density at radius 3 is 2.38 bits per heavy atom. The number of rotatable bonds is 5. The third-order valence-electron chi connectivity index (χ3n) is 4.09. The van der Waals surface area contributed by atoms with Crippen LogP contribution in [0.5, 0.6) is 0 Å². The number of thiazole rings is 1. The highest BCUT2D eigenvalue weighted by molar-refractivity contribution is 7.89. The van der Waals surface area contributed by atoms with Crippen molar-refractivity contribution in [3.05, 3.63) is 40.9 Å². The summed E-state index contributed by atoms with van der Waals surface area (Å²) in [5.74, 6) is -0.700. The second-order valence-corrected chi connectivity index (χ2v) is 8.44. The molecule has 0 bridgehead atoms. The molecule has 0 unspecified atom stereocenters. The lowest BCUT2D eigenvalue weighted by molar-refractivity contribution is 0.0932. The maximum absolute atomic E-state index is 12.2. The lowest BCUT2D eigenvalue weighted by Crippen LogP contribution is -2.32. The fourth-order valence-electron chi connectivity index (χ4n) is 2.73. The molecule has 0 saturated heterocycles. The van der Waals surface area contributed by atoms with Gasteiger partial charge in [0.1, 0.15) is 5.69 Å². The van der Waals surface area contributed by atoms with E-state index in [-0.39, 0.29) is 28.1 Å². The van der Waals surface area contributed by atoms with Crippen molar-refractivity contribution in [2.75, 3.05) is 5.32 Å². The van der Waals surface area contributed by atoms with Crippen molar-refractivity contribution in [2.45, 2.75) is 36.6 Å². The Morgan fingerprint density at radius 2 is 1.77 bits per heavy atom. The van der Waals surface area contributed by atoms with E-state index in [4.69, 9.17) is 5.14 Å². The van der Waals surface area contributed by atoms with Crippen LogP contribution in [0.4, 0.5) is 5.13 Å². The molecule has 2 amide bonds. The van der Waals surface area contributed by atoms with Crippen LogP contribution in [0.15, 0.2) is 34.5 Å². The molecular formula is C16H18N4O4S2.